The Morgan fingerprint density at radius 2 is 2.03 bits per heavy atom. The minimum Gasteiger partial charge on any atom is -0.480 e. The van der Waals surface area contributed by atoms with Gasteiger partial charge in [0.05, 0.1) is 12.6 Å². The summed E-state index contributed by atoms with van der Waals surface area (Å²) in [6.45, 7) is 4.16. The molecular weight excluding hydrogens is 428 g/mol. The third kappa shape index (κ3) is 5.64. The zero-order valence-electron chi connectivity index (χ0n) is 18.9. The minimum absolute atomic E-state index is 0.262. The summed E-state index contributed by atoms with van der Waals surface area (Å²) < 4.78 is 5.23. The molecule has 0 bridgehead atoms. The van der Waals surface area contributed by atoms with Gasteiger partial charge in [0.2, 0.25) is 5.91 Å². The van der Waals surface area contributed by atoms with Gasteiger partial charge in [-0.15, -0.1) is 0 Å². The Bertz CT molecular complexity index is 797. The van der Waals surface area contributed by atoms with Gasteiger partial charge in [-0.05, 0) is 57.3 Å². The van der Waals surface area contributed by atoms with Crippen molar-refractivity contribution in [3.63, 3.8) is 0 Å². The Morgan fingerprint density at radius 1 is 1.28 bits per heavy atom. The van der Waals surface area contributed by atoms with E-state index in [9.17, 15) is 19.5 Å². The molecule has 2 aliphatic rings. The summed E-state index contributed by atoms with van der Waals surface area (Å²) in [5.41, 5.74) is 0.753. The Hall–Kier alpha value is -2.06. The van der Waals surface area contributed by atoms with Gasteiger partial charge in [0, 0.05) is 17.7 Å². The average Bonchev–Trinajstić information content (AvgIpc) is 3.24. The summed E-state index contributed by atoms with van der Waals surface area (Å²) >= 11 is 1.77. The van der Waals surface area contributed by atoms with Crippen LogP contribution in [-0.4, -0.2) is 70.6 Å². The highest BCUT2D eigenvalue weighted by molar-refractivity contribution is 7.99. The van der Waals surface area contributed by atoms with Crippen LogP contribution in [0, 0.1) is 5.41 Å². The van der Waals surface area contributed by atoms with E-state index in [0.29, 0.717) is 19.4 Å². The number of esters is 1. The number of piperidine rings is 1. The number of hydrogen-bond acceptors (Lipinski definition) is 6. The second-order valence-electron chi connectivity index (χ2n) is 8.76. The summed E-state index contributed by atoms with van der Waals surface area (Å²) in [4.78, 5) is 39.7. The maximum Gasteiger partial charge on any atom is 0.327 e. The molecule has 2 fully saturated rings. The third-order valence-corrected chi connectivity index (χ3v) is 7.85. The topological polar surface area (TPSA) is 95.9 Å². The van der Waals surface area contributed by atoms with E-state index in [-0.39, 0.29) is 23.9 Å². The lowest BCUT2D eigenvalue weighted by atomic mass is 9.72. The highest BCUT2D eigenvalue weighted by atomic mass is 32.2. The molecule has 1 aromatic rings. The summed E-state index contributed by atoms with van der Waals surface area (Å²) in [6.07, 6.45) is 3.62. The normalized spacial score (nSPS) is 24.8. The van der Waals surface area contributed by atoms with Gasteiger partial charge >= 0.3 is 11.9 Å². The number of carbonyl (C=O) groups is 3. The zero-order valence-corrected chi connectivity index (χ0v) is 19.7. The standard InChI is InChI=1S/C24H34N2O5S/c1-3-31-23(30)19(11-10-18-8-5-4-6-9-18)25-17(2)21(27)26-14-7-12-24(13-15-32-16-24)20(26)22(28)29/h4-6,8-9,17,19-20,25H,3,7,10-16H2,1-2H3,(H,28,29)/t17-,19?,20+,24?/m0/s1. The van der Waals surface area contributed by atoms with E-state index in [2.05, 4.69) is 5.32 Å². The van der Waals surface area contributed by atoms with E-state index < -0.39 is 24.1 Å². The molecule has 32 heavy (non-hydrogen) atoms. The van der Waals surface area contributed by atoms with Crippen molar-refractivity contribution < 1.29 is 24.2 Å². The van der Waals surface area contributed by atoms with Gasteiger partial charge in [-0.1, -0.05) is 30.3 Å². The predicted molar refractivity (Wildman–Crippen MR) is 125 cm³/mol. The number of aliphatic carboxylic acids is 1. The number of amides is 1. The highest BCUT2D eigenvalue weighted by Crippen LogP contribution is 2.47. The highest BCUT2D eigenvalue weighted by Gasteiger charge is 2.52. The predicted octanol–water partition coefficient (Wildman–Crippen LogP) is 2.73. The quantitative estimate of drug-likeness (QED) is 0.545. The van der Waals surface area contributed by atoms with E-state index in [4.69, 9.17) is 4.74 Å². The minimum atomic E-state index is -0.932. The number of thioether (sulfide) groups is 1. The molecule has 3 rings (SSSR count). The van der Waals surface area contributed by atoms with Crippen molar-refractivity contribution in [1.29, 1.82) is 0 Å². The monoisotopic (exact) mass is 462 g/mol. The molecule has 4 atom stereocenters. The number of likely N-dealkylation sites (tertiary alicyclic amines) is 1. The third-order valence-electron chi connectivity index (χ3n) is 6.57. The van der Waals surface area contributed by atoms with Crippen molar-refractivity contribution in [3.05, 3.63) is 35.9 Å². The molecule has 0 aliphatic carbocycles. The lowest BCUT2D eigenvalue weighted by Crippen LogP contribution is -2.62. The second kappa shape index (κ2) is 11.2. The summed E-state index contributed by atoms with van der Waals surface area (Å²) in [6, 6.07) is 7.71. The number of carboxylic acids is 1. The molecule has 1 amide bonds. The van der Waals surface area contributed by atoms with Crippen LogP contribution in [0.4, 0.5) is 0 Å². The van der Waals surface area contributed by atoms with Crippen molar-refractivity contribution in [3.8, 4) is 0 Å². The number of ether oxygens (including phenoxy) is 1. The number of benzene rings is 1. The van der Waals surface area contributed by atoms with E-state index >= 15 is 0 Å². The fourth-order valence-corrected chi connectivity index (χ4v) is 6.50. The fourth-order valence-electron chi connectivity index (χ4n) is 4.96. The van der Waals surface area contributed by atoms with Crippen molar-refractivity contribution >= 4 is 29.6 Å². The Morgan fingerprint density at radius 3 is 2.66 bits per heavy atom. The van der Waals surface area contributed by atoms with Crippen LogP contribution in [0.5, 0.6) is 0 Å². The van der Waals surface area contributed by atoms with Gasteiger partial charge in [-0.2, -0.15) is 11.8 Å². The van der Waals surface area contributed by atoms with Gasteiger partial charge in [0.25, 0.3) is 0 Å². The van der Waals surface area contributed by atoms with Gasteiger partial charge in [0.1, 0.15) is 12.1 Å². The van der Waals surface area contributed by atoms with Gasteiger partial charge < -0.3 is 14.7 Å². The van der Waals surface area contributed by atoms with E-state index in [1.807, 2.05) is 30.3 Å². The molecule has 0 radical (unpaired) electrons. The first-order valence-corrected chi connectivity index (χ1v) is 12.6. The van der Waals surface area contributed by atoms with E-state index in [0.717, 1.165) is 36.3 Å². The van der Waals surface area contributed by atoms with Crippen LogP contribution in [0.3, 0.4) is 0 Å². The first kappa shape index (κ1) is 24.6. The smallest absolute Gasteiger partial charge is 0.327 e. The molecule has 0 aromatic heterocycles. The molecule has 176 valence electrons. The van der Waals surface area contributed by atoms with Crippen molar-refractivity contribution in [2.24, 2.45) is 5.41 Å². The maximum absolute atomic E-state index is 13.4. The molecule has 2 N–H and O–H groups in total. The summed E-state index contributed by atoms with van der Waals surface area (Å²) in [5.74, 6) is 0.128. The first-order valence-electron chi connectivity index (χ1n) is 11.5. The number of carboxylic acid groups (broad SMARTS) is 1. The Labute approximate surface area is 194 Å². The van der Waals surface area contributed by atoms with Gasteiger partial charge in [-0.25, -0.2) is 4.79 Å². The molecule has 2 aliphatic heterocycles. The summed E-state index contributed by atoms with van der Waals surface area (Å²) in [7, 11) is 0. The molecule has 2 heterocycles. The largest absolute Gasteiger partial charge is 0.480 e. The van der Waals surface area contributed by atoms with Gasteiger partial charge in [0.15, 0.2) is 0 Å². The number of aryl methyl sites for hydroxylation is 1. The van der Waals surface area contributed by atoms with Gasteiger partial charge in [-0.3, -0.25) is 14.9 Å². The number of carbonyl (C=O) groups excluding carboxylic acids is 2. The second-order valence-corrected chi connectivity index (χ2v) is 9.86. The van der Waals surface area contributed by atoms with E-state index in [1.165, 1.54) is 4.90 Å². The molecule has 2 unspecified atom stereocenters. The number of nitrogens with one attached hydrogen (secondary N) is 1. The van der Waals surface area contributed by atoms with Crippen LogP contribution in [0.15, 0.2) is 30.3 Å². The van der Waals surface area contributed by atoms with E-state index in [1.54, 1.807) is 25.6 Å². The Kier molecular flexibility index (Phi) is 8.59. The maximum atomic E-state index is 13.4. The van der Waals surface area contributed by atoms with Crippen LogP contribution in [-0.2, 0) is 25.5 Å². The molecule has 1 spiro atoms. The van der Waals surface area contributed by atoms with Crippen LogP contribution in [0.25, 0.3) is 0 Å². The molecule has 1 aromatic carbocycles. The van der Waals surface area contributed by atoms with Crippen LogP contribution in [0.2, 0.25) is 0 Å². The number of rotatable bonds is 9. The molecular formula is C24H34N2O5S. The lowest BCUT2D eigenvalue weighted by Gasteiger charge is -2.46. The van der Waals surface area contributed by atoms with Crippen molar-refractivity contribution in [1.82, 2.24) is 10.2 Å². The number of nitrogens with zero attached hydrogens (tertiary/aromatic N) is 1. The van der Waals surface area contributed by atoms with Crippen LogP contribution < -0.4 is 5.32 Å². The molecule has 8 heteroatoms. The molecule has 0 saturated carbocycles. The van der Waals surface area contributed by atoms with Crippen molar-refractivity contribution in [2.75, 3.05) is 24.7 Å². The van der Waals surface area contributed by atoms with Crippen LogP contribution in [0.1, 0.15) is 45.1 Å². The summed E-state index contributed by atoms with van der Waals surface area (Å²) in [5, 5.41) is 13.2. The number of hydrogen-bond donors (Lipinski definition) is 2. The average molecular weight is 463 g/mol. The fraction of sp³-hybridized carbons (Fsp3) is 0.625. The molecule has 7 nitrogen and oxygen atoms in total. The lowest BCUT2D eigenvalue weighted by molar-refractivity contribution is -0.160. The first-order chi connectivity index (χ1) is 15.4. The van der Waals surface area contributed by atoms with Crippen molar-refractivity contribution in [2.45, 2.75) is 64.1 Å². The van der Waals surface area contributed by atoms with Crippen LogP contribution >= 0.6 is 11.8 Å². The SMILES string of the molecule is CCOC(=O)C(CCc1ccccc1)N[C@@H](C)C(=O)N1CCCC2(CCSC2)[C@H]1C(=O)O. The Balaban J connectivity index is 1.71. The molecule has 2 saturated heterocycles. The zero-order chi connectivity index (χ0) is 23.1.